The van der Waals surface area contributed by atoms with Gasteiger partial charge < -0.3 is 5.11 Å². The second-order valence-electron chi connectivity index (χ2n) is 5.12. The molecule has 0 aromatic heterocycles. The van der Waals surface area contributed by atoms with E-state index < -0.39 is 41.5 Å². The van der Waals surface area contributed by atoms with E-state index in [-0.39, 0.29) is 21.8 Å². The first kappa shape index (κ1) is 17.8. The minimum atomic E-state index is -3.54. The van der Waals surface area contributed by atoms with Gasteiger partial charge in [0.05, 0.1) is 4.92 Å². The fourth-order valence-corrected chi connectivity index (χ4v) is 2.22. The number of aryl methyl sites for hydroxylation is 1. The Balaban J connectivity index is 2.43. The number of halogens is 4. The number of aliphatic hydroxyl groups is 1. The number of benzene rings is 1. The molecule has 0 spiro atoms. The number of hydrogen-bond acceptors (Lipinski definition) is 5. The maximum atomic E-state index is 13.1. The van der Waals surface area contributed by atoms with Gasteiger partial charge in [0.1, 0.15) is 5.71 Å². The number of alkyl halides is 4. The SMILES string of the molecule is Cc1cc(C(=O)N2N=C(C(F)F)C[C@]2(O)C(F)F)ccc1[N+](=O)[O-]. The normalized spacial score (nSPS) is 20.7. The van der Waals surface area contributed by atoms with Gasteiger partial charge in [0.15, 0.2) is 0 Å². The first-order valence-corrected chi connectivity index (χ1v) is 6.53. The Bertz CT molecular complexity index is 725. The molecular formula is C13H11F4N3O4. The molecule has 0 saturated heterocycles. The van der Waals surface area contributed by atoms with Crippen LogP contribution in [-0.2, 0) is 0 Å². The third kappa shape index (κ3) is 2.94. The number of amides is 1. The summed E-state index contributed by atoms with van der Waals surface area (Å²) >= 11 is 0. The lowest BCUT2D eigenvalue weighted by molar-refractivity contribution is -0.385. The van der Waals surface area contributed by atoms with Gasteiger partial charge in [-0.1, -0.05) is 0 Å². The van der Waals surface area contributed by atoms with E-state index in [1.807, 2.05) is 0 Å². The van der Waals surface area contributed by atoms with Crippen LogP contribution in [0.25, 0.3) is 0 Å². The molecule has 0 aliphatic carbocycles. The van der Waals surface area contributed by atoms with Crippen LogP contribution in [0.4, 0.5) is 23.2 Å². The first-order chi connectivity index (χ1) is 11.1. The van der Waals surface area contributed by atoms with E-state index in [4.69, 9.17) is 0 Å². The Morgan fingerprint density at radius 3 is 2.50 bits per heavy atom. The van der Waals surface area contributed by atoms with Gasteiger partial charge in [-0.05, 0) is 19.1 Å². The summed E-state index contributed by atoms with van der Waals surface area (Å²) in [5, 5.41) is 23.6. The van der Waals surface area contributed by atoms with Crippen LogP contribution in [0.15, 0.2) is 23.3 Å². The lowest BCUT2D eigenvalue weighted by Crippen LogP contribution is -2.51. The van der Waals surface area contributed by atoms with Gasteiger partial charge in [0.2, 0.25) is 5.72 Å². The van der Waals surface area contributed by atoms with Crippen molar-refractivity contribution in [3.63, 3.8) is 0 Å². The molecule has 1 aliphatic heterocycles. The van der Waals surface area contributed by atoms with Crippen LogP contribution < -0.4 is 0 Å². The van der Waals surface area contributed by atoms with Gasteiger partial charge in [-0.3, -0.25) is 14.9 Å². The van der Waals surface area contributed by atoms with Gasteiger partial charge >= 0.3 is 0 Å². The van der Waals surface area contributed by atoms with E-state index in [0.29, 0.717) is 0 Å². The smallest absolute Gasteiger partial charge is 0.287 e. The van der Waals surface area contributed by atoms with Gasteiger partial charge in [-0.15, -0.1) is 0 Å². The Morgan fingerprint density at radius 1 is 1.42 bits per heavy atom. The van der Waals surface area contributed by atoms with Crippen molar-refractivity contribution >= 4 is 17.3 Å². The predicted octanol–water partition coefficient (Wildman–Crippen LogP) is 2.32. The average Bonchev–Trinajstić information content (AvgIpc) is 2.85. The summed E-state index contributed by atoms with van der Waals surface area (Å²) in [7, 11) is 0. The van der Waals surface area contributed by atoms with Gasteiger partial charge in [0.25, 0.3) is 24.4 Å². The van der Waals surface area contributed by atoms with Crippen LogP contribution in [0.3, 0.4) is 0 Å². The van der Waals surface area contributed by atoms with Crippen LogP contribution in [0, 0.1) is 17.0 Å². The third-order valence-electron chi connectivity index (χ3n) is 3.47. The maximum Gasteiger partial charge on any atom is 0.287 e. The van der Waals surface area contributed by atoms with Crippen molar-refractivity contribution in [2.75, 3.05) is 0 Å². The Morgan fingerprint density at radius 2 is 2.04 bits per heavy atom. The molecule has 2 rings (SSSR count). The van der Waals surface area contributed by atoms with Gasteiger partial charge in [0, 0.05) is 23.6 Å². The number of nitro benzene ring substituents is 1. The molecule has 0 unspecified atom stereocenters. The number of hydrogen-bond donors (Lipinski definition) is 1. The molecule has 130 valence electrons. The number of rotatable bonds is 4. The summed E-state index contributed by atoms with van der Waals surface area (Å²) in [4.78, 5) is 22.3. The molecule has 1 amide bonds. The van der Waals surface area contributed by atoms with Crippen LogP contribution in [0.1, 0.15) is 22.3 Å². The number of nitro groups is 1. The molecule has 0 saturated carbocycles. The zero-order valence-electron chi connectivity index (χ0n) is 12.1. The first-order valence-electron chi connectivity index (χ1n) is 6.53. The second-order valence-corrected chi connectivity index (χ2v) is 5.12. The van der Waals surface area contributed by atoms with Crippen LogP contribution in [-0.4, -0.2) is 45.2 Å². The van der Waals surface area contributed by atoms with Crippen LogP contribution in [0.2, 0.25) is 0 Å². The molecule has 1 heterocycles. The fraction of sp³-hybridized carbons (Fsp3) is 0.385. The lowest BCUT2D eigenvalue weighted by Gasteiger charge is -2.30. The second kappa shape index (κ2) is 6.15. The number of hydrazone groups is 1. The molecule has 0 fully saturated rings. The van der Waals surface area contributed by atoms with Crippen molar-refractivity contribution in [3.05, 3.63) is 39.4 Å². The van der Waals surface area contributed by atoms with Crippen molar-refractivity contribution in [2.24, 2.45) is 5.10 Å². The number of carbonyl (C=O) groups is 1. The molecule has 1 aliphatic rings. The minimum absolute atomic E-state index is 0.0590. The molecule has 7 nitrogen and oxygen atoms in total. The molecule has 0 bridgehead atoms. The zero-order chi connectivity index (χ0) is 18.2. The summed E-state index contributed by atoms with van der Waals surface area (Å²) in [6, 6.07) is 2.97. The molecular weight excluding hydrogens is 338 g/mol. The van der Waals surface area contributed by atoms with Crippen molar-refractivity contribution in [1.82, 2.24) is 5.01 Å². The molecule has 11 heteroatoms. The summed E-state index contributed by atoms with van der Waals surface area (Å²) in [6.07, 6.45) is -7.95. The quantitative estimate of drug-likeness (QED) is 0.513. The monoisotopic (exact) mass is 349 g/mol. The molecule has 1 aromatic carbocycles. The van der Waals surface area contributed by atoms with E-state index in [9.17, 15) is 37.6 Å². The fourth-order valence-electron chi connectivity index (χ4n) is 2.22. The number of nitrogens with zero attached hydrogens (tertiary/aromatic N) is 3. The zero-order valence-corrected chi connectivity index (χ0v) is 12.1. The highest BCUT2D eigenvalue weighted by Gasteiger charge is 2.53. The van der Waals surface area contributed by atoms with E-state index in [1.54, 1.807) is 0 Å². The summed E-state index contributed by atoms with van der Waals surface area (Å²) in [5.41, 5.74) is -4.81. The van der Waals surface area contributed by atoms with E-state index in [0.717, 1.165) is 18.2 Å². The van der Waals surface area contributed by atoms with Crippen LogP contribution >= 0.6 is 0 Å². The number of carbonyl (C=O) groups excluding carboxylic acids is 1. The highest BCUT2D eigenvalue weighted by molar-refractivity contribution is 5.99. The van der Waals surface area contributed by atoms with Gasteiger partial charge in [-0.2, -0.15) is 10.1 Å². The molecule has 0 radical (unpaired) electrons. The van der Waals surface area contributed by atoms with Crippen LogP contribution in [0.5, 0.6) is 0 Å². The summed E-state index contributed by atoms with van der Waals surface area (Å²) in [5.74, 6) is -1.27. The molecule has 1 atom stereocenters. The lowest BCUT2D eigenvalue weighted by atomic mass is 10.1. The van der Waals surface area contributed by atoms with E-state index >= 15 is 0 Å². The Labute approximate surface area is 132 Å². The Kier molecular flexibility index (Phi) is 4.56. The van der Waals surface area contributed by atoms with E-state index in [2.05, 4.69) is 5.10 Å². The molecule has 1 aromatic rings. The summed E-state index contributed by atoms with van der Waals surface area (Å²) in [6.45, 7) is 1.31. The minimum Gasteiger partial charge on any atom is -0.364 e. The highest BCUT2D eigenvalue weighted by Crippen LogP contribution is 2.34. The predicted molar refractivity (Wildman–Crippen MR) is 73.0 cm³/mol. The van der Waals surface area contributed by atoms with Crippen molar-refractivity contribution < 1.29 is 32.4 Å². The Hall–Kier alpha value is -2.56. The maximum absolute atomic E-state index is 13.1. The van der Waals surface area contributed by atoms with Crippen molar-refractivity contribution in [2.45, 2.75) is 31.9 Å². The summed E-state index contributed by atoms with van der Waals surface area (Å²) < 4.78 is 51.6. The largest absolute Gasteiger partial charge is 0.364 e. The van der Waals surface area contributed by atoms with Gasteiger partial charge in [-0.25, -0.2) is 17.6 Å². The molecule has 24 heavy (non-hydrogen) atoms. The van der Waals surface area contributed by atoms with Crippen molar-refractivity contribution in [1.29, 1.82) is 0 Å². The highest BCUT2D eigenvalue weighted by atomic mass is 19.3. The average molecular weight is 349 g/mol. The van der Waals surface area contributed by atoms with Crippen molar-refractivity contribution in [3.8, 4) is 0 Å². The third-order valence-corrected chi connectivity index (χ3v) is 3.47. The topological polar surface area (TPSA) is 96.0 Å². The molecule has 1 N–H and O–H groups in total. The standard InChI is InChI=1S/C13H11F4N3O4/c1-6-4-7(2-3-9(6)20(23)24)11(21)19-13(22,12(16)17)5-8(18-19)10(14)15/h2-4,10,12,22H,5H2,1H3/t13-/m0/s1. The van der Waals surface area contributed by atoms with E-state index in [1.165, 1.54) is 6.92 Å².